The van der Waals surface area contributed by atoms with Crippen LogP contribution in [0.2, 0.25) is 0 Å². The topological polar surface area (TPSA) is 35.2 Å². The molecule has 0 aliphatic heterocycles. The van der Waals surface area contributed by atoms with Crippen LogP contribution in [-0.4, -0.2) is 13.7 Å². The van der Waals surface area contributed by atoms with E-state index < -0.39 is 0 Å². The SMILES string of the molecule is COc1ccc(C(C)C)cc1CC1(CN)CCCC1. The smallest absolute Gasteiger partial charge is 0.122 e. The summed E-state index contributed by atoms with van der Waals surface area (Å²) in [6.45, 7) is 5.27. The number of ether oxygens (including phenoxy) is 1. The van der Waals surface area contributed by atoms with Crippen LogP contribution in [0.3, 0.4) is 0 Å². The first kappa shape index (κ1) is 14.4. The van der Waals surface area contributed by atoms with Gasteiger partial charge in [-0.05, 0) is 54.3 Å². The van der Waals surface area contributed by atoms with Crippen molar-refractivity contribution in [1.29, 1.82) is 0 Å². The lowest BCUT2D eigenvalue weighted by atomic mass is 9.79. The molecule has 19 heavy (non-hydrogen) atoms. The van der Waals surface area contributed by atoms with Crippen molar-refractivity contribution in [2.75, 3.05) is 13.7 Å². The predicted molar refractivity (Wildman–Crippen MR) is 80.7 cm³/mol. The fourth-order valence-corrected chi connectivity index (χ4v) is 3.28. The van der Waals surface area contributed by atoms with Gasteiger partial charge in [0.15, 0.2) is 0 Å². The van der Waals surface area contributed by atoms with Crippen LogP contribution in [0.5, 0.6) is 5.75 Å². The minimum absolute atomic E-state index is 0.308. The minimum Gasteiger partial charge on any atom is -0.496 e. The van der Waals surface area contributed by atoms with Crippen LogP contribution in [0.15, 0.2) is 18.2 Å². The molecule has 0 unspecified atom stereocenters. The Kier molecular flexibility index (Phi) is 4.51. The lowest BCUT2D eigenvalue weighted by Gasteiger charge is -2.28. The molecule has 2 N–H and O–H groups in total. The maximum atomic E-state index is 6.07. The molecule has 0 heterocycles. The van der Waals surface area contributed by atoms with Gasteiger partial charge in [-0.15, -0.1) is 0 Å². The summed E-state index contributed by atoms with van der Waals surface area (Å²) < 4.78 is 5.54. The number of benzene rings is 1. The second kappa shape index (κ2) is 5.96. The molecule has 0 radical (unpaired) electrons. The quantitative estimate of drug-likeness (QED) is 0.873. The lowest BCUT2D eigenvalue weighted by molar-refractivity contribution is 0.300. The van der Waals surface area contributed by atoms with Gasteiger partial charge in [0.2, 0.25) is 0 Å². The fourth-order valence-electron chi connectivity index (χ4n) is 3.28. The molecule has 1 saturated carbocycles. The highest BCUT2D eigenvalue weighted by Crippen LogP contribution is 2.42. The minimum atomic E-state index is 0.308. The van der Waals surface area contributed by atoms with Gasteiger partial charge >= 0.3 is 0 Å². The highest BCUT2D eigenvalue weighted by Gasteiger charge is 2.33. The molecule has 0 amide bonds. The maximum absolute atomic E-state index is 6.07. The third-order valence-electron chi connectivity index (χ3n) is 4.63. The molecule has 0 aromatic heterocycles. The number of hydrogen-bond acceptors (Lipinski definition) is 2. The van der Waals surface area contributed by atoms with E-state index in [0.29, 0.717) is 11.3 Å². The lowest BCUT2D eigenvalue weighted by Crippen LogP contribution is -2.29. The van der Waals surface area contributed by atoms with Gasteiger partial charge in [-0.25, -0.2) is 0 Å². The summed E-state index contributed by atoms with van der Waals surface area (Å²) in [7, 11) is 1.76. The predicted octanol–water partition coefficient (Wildman–Crippen LogP) is 3.88. The van der Waals surface area contributed by atoms with Crippen molar-refractivity contribution in [2.45, 2.75) is 51.9 Å². The first-order valence-corrected chi connectivity index (χ1v) is 7.47. The Morgan fingerprint density at radius 2 is 1.95 bits per heavy atom. The van der Waals surface area contributed by atoms with E-state index in [-0.39, 0.29) is 0 Å². The van der Waals surface area contributed by atoms with Gasteiger partial charge in [0.25, 0.3) is 0 Å². The van der Waals surface area contributed by atoms with Crippen molar-refractivity contribution in [3.63, 3.8) is 0 Å². The Morgan fingerprint density at radius 1 is 1.26 bits per heavy atom. The van der Waals surface area contributed by atoms with E-state index in [4.69, 9.17) is 10.5 Å². The van der Waals surface area contributed by atoms with Gasteiger partial charge in [-0.2, -0.15) is 0 Å². The van der Waals surface area contributed by atoms with Crippen molar-refractivity contribution in [3.8, 4) is 5.75 Å². The molecule has 1 aliphatic rings. The highest BCUT2D eigenvalue weighted by atomic mass is 16.5. The second-order valence-corrected chi connectivity index (χ2v) is 6.31. The van der Waals surface area contributed by atoms with E-state index >= 15 is 0 Å². The molecule has 1 aromatic rings. The van der Waals surface area contributed by atoms with Crippen molar-refractivity contribution < 1.29 is 4.74 Å². The van der Waals surface area contributed by atoms with E-state index in [0.717, 1.165) is 18.7 Å². The Bertz CT molecular complexity index is 419. The second-order valence-electron chi connectivity index (χ2n) is 6.31. The van der Waals surface area contributed by atoms with Crippen LogP contribution >= 0.6 is 0 Å². The Balaban J connectivity index is 2.28. The third-order valence-corrected chi connectivity index (χ3v) is 4.63. The summed E-state index contributed by atoms with van der Waals surface area (Å²) in [5.41, 5.74) is 9.10. The van der Waals surface area contributed by atoms with Crippen molar-refractivity contribution in [1.82, 2.24) is 0 Å². The Morgan fingerprint density at radius 3 is 2.47 bits per heavy atom. The molecule has 0 spiro atoms. The third kappa shape index (κ3) is 3.11. The van der Waals surface area contributed by atoms with Crippen LogP contribution < -0.4 is 10.5 Å². The molecule has 0 saturated heterocycles. The molecule has 2 nitrogen and oxygen atoms in total. The summed E-state index contributed by atoms with van der Waals surface area (Å²) in [4.78, 5) is 0. The monoisotopic (exact) mass is 261 g/mol. The van der Waals surface area contributed by atoms with E-state index in [1.54, 1.807) is 7.11 Å². The molecule has 106 valence electrons. The van der Waals surface area contributed by atoms with Crippen molar-refractivity contribution in [2.24, 2.45) is 11.1 Å². The first-order chi connectivity index (χ1) is 9.10. The van der Waals surface area contributed by atoms with Gasteiger partial charge in [-0.1, -0.05) is 38.8 Å². The van der Waals surface area contributed by atoms with E-state index in [9.17, 15) is 0 Å². The van der Waals surface area contributed by atoms with Crippen molar-refractivity contribution in [3.05, 3.63) is 29.3 Å². The molecule has 0 atom stereocenters. The fraction of sp³-hybridized carbons (Fsp3) is 0.647. The summed E-state index contributed by atoms with van der Waals surface area (Å²) in [5, 5.41) is 0. The molecule has 1 aliphatic carbocycles. The molecule has 2 rings (SSSR count). The van der Waals surface area contributed by atoms with Gasteiger partial charge in [-0.3, -0.25) is 0 Å². The zero-order valence-corrected chi connectivity index (χ0v) is 12.5. The van der Waals surface area contributed by atoms with E-state index in [1.165, 1.54) is 36.8 Å². The largest absolute Gasteiger partial charge is 0.496 e. The molecule has 1 fully saturated rings. The van der Waals surface area contributed by atoms with Gasteiger partial charge in [0.05, 0.1) is 7.11 Å². The Labute approximate surface area is 117 Å². The normalized spacial score (nSPS) is 17.9. The summed E-state index contributed by atoms with van der Waals surface area (Å²) >= 11 is 0. The van der Waals surface area contributed by atoms with Gasteiger partial charge in [0.1, 0.15) is 5.75 Å². The number of methoxy groups -OCH3 is 1. The van der Waals surface area contributed by atoms with Gasteiger partial charge in [0, 0.05) is 0 Å². The Hall–Kier alpha value is -1.02. The van der Waals surface area contributed by atoms with E-state index in [2.05, 4.69) is 32.0 Å². The number of nitrogens with two attached hydrogens (primary N) is 1. The number of hydrogen-bond donors (Lipinski definition) is 1. The average molecular weight is 261 g/mol. The van der Waals surface area contributed by atoms with Crippen LogP contribution in [0.25, 0.3) is 0 Å². The average Bonchev–Trinajstić information content (AvgIpc) is 2.87. The summed E-state index contributed by atoms with van der Waals surface area (Å²) in [6.07, 6.45) is 6.23. The number of rotatable bonds is 5. The van der Waals surface area contributed by atoms with Crippen LogP contribution in [0, 0.1) is 5.41 Å². The van der Waals surface area contributed by atoms with Crippen LogP contribution in [-0.2, 0) is 6.42 Å². The standard InChI is InChI=1S/C17H27NO/c1-13(2)14-6-7-16(19-3)15(10-14)11-17(12-18)8-4-5-9-17/h6-7,10,13H,4-5,8-9,11-12,18H2,1-3H3. The molecular weight excluding hydrogens is 234 g/mol. The maximum Gasteiger partial charge on any atom is 0.122 e. The highest BCUT2D eigenvalue weighted by molar-refractivity contribution is 5.39. The van der Waals surface area contributed by atoms with Crippen molar-refractivity contribution >= 4 is 0 Å². The zero-order chi connectivity index (χ0) is 13.9. The van der Waals surface area contributed by atoms with Crippen LogP contribution in [0.4, 0.5) is 0 Å². The first-order valence-electron chi connectivity index (χ1n) is 7.47. The summed E-state index contributed by atoms with van der Waals surface area (Å²) in [5.74, 6) is 1.58. The molecular formula is C17H27NO. The summed E-state index contributed by atoms with van der Waals surface area (Å²) in [6, 6.07) is 6.61. The molecule has 1 aromatic carbocycles. The zero-order valence-electron chi connectivity index (χ0n) is 12.5. The molecule has 2 heteroatoms. The molecule has 0 bridgehead atoms. The van der Waals surface area contributed by atoms with Crippen LogP contribution in [0.1, 0.15) is 56.6 Å². The van der Waals surface area contributed by atoms with Gasteiger partial charge < -0.3 is 10.5 Å². The van der Waals surface area contributed by atoms with E-state index in [1.807, 2.05) is 0 Å².